The van der Waals surface area contributed by atoms with Gasteiger partial charge in [-0.2, -0.15) is 0 Å². The average molecular weight is 431 g/mol. The van der Waals surface area contributed by atoms with E-state index in [9.17, 15) is 4.79 Å². The van der Waals surface area contributed by atoms with Crippen molar-refractivity contribution in [3.63, 3.8) is 0 Å². The second kappa shape index (κ2) is 7.98. The van der Waals surface area contributed by atoms with Crippen LogP contribution in [0.1, 0.15) is 78.2 Å². The first-order valence-corrected chi connectivity index (χ1v) is 12.8. The van der Waals surface area contributed by atoms with Crippen molar-refractivity contribution in [2.45, 2.75) is 70.4 Å². The molecule has 0 unspecified atom stereocenters. The minimum atomic E-state index is -0.0236. The molecule has 0 saturated heterocycles. The molecule has 3 heterocycles. The number of aromatic nitrogens is 1. The van der Waals surface area contributed by atoms with Gasteiger partial charge >= 0.3 is 0 Å². The minimum Gasteiger partial charge on any atom is -0.325 e. The predicted molar refractivity (Wildman–Crippen MR) is 126 cm³/mol. The maximum Gasteiger partial charge on any atom is 0.226 e. The summed E-state index contributed by atoms with van der Waals surface area (Å²) in [5, 5.41) is 1.35. The Hall–Kier alpha value is -2.33. The summed E-state index contributed by atoms with van der Waals surface area (Å²) in [5.74, 6) is 0.546. The van der Waals surface area contributed by atoms with Gasteiger partial charge < -0.3 is 9.47 Å². The van der Waals surface area contributed by atoms with Crippen LogP contribution >= 0.6 is 11.3 Å². The summed E-state index contributed by atoms with van der Waals surface area (Å²) in [5.41, 5.74) is 5.41. The third-order valence-electron chi connectivity index (χ3n) is 7.53. The zero-order valence-corrected chi connectivity index (χ0v) is 18.9. The van der Waals surface area contributed by atoms with E-state index in [1.807, 2.05) is 11.3 Å². The Morgan fingerprint density at radius 2 is 1.68 bits per heavy atom. The summed E-state index contributed by atoms with van der Waals surface area (Å²) in [6, 6.07) is 15.0. The first kappa shape index (κ1) is 19.4. The third-order valence-corrected chi connectivity index (χ3v) is 8.87. The number of hydrogen-bond donors (Lipinski definition) is 0. The summed E-state index contributed by atoms with van der Waals surface area (Å²) < 4.78 is 2.39. The Morgan fingerprint density at radius 3 is 2.52 bits per heavy atom. The first-order chi connectivity index (χ1) is 15.3. The molecule has 1 aliphatic heterocycles. The fourth-order valence-corrected chi connectivity index (χ4v) is 7.38. The van der Waals surface area contributed by atoms with E-state index in [-0.39, 0.29) is 12.0 Å². The smallest absolute Gasteiger partial charge is 0.226 e. The highest BCUT2D eigenvalue weighted by molar-refractivity contribution is 7.15. The molecule has 1 aromatic carbocycles. The lowest BCUT2D eigenvalue weighted by Crippen LogP contribution is -2.39. The van der Waals surface area contributed by atoms with Crippen molar-refractivity contribution in [2.75, 3.05) is 0 Å². The normalized spacial score (nSPS) is 21.2. The minimum absolute atomic E-state index is 0.0236. The van der Waals surface area contributed by atoms with Crippen molar-refractivity contribution >= 4 is 17.2 Å². The number of carbonyl (C=O) groups is 1. The molecule has 0 spiro atoms. The number of hydrogen-bond acceptors (Lipinski definition) is 2. The van der Waals surface area contributed by atoms with Crippen LogP contribution in [0.15, 0.2) is 48.7 Å². The number of rotatable bonds is 2. The van der Waals surface area contributed by atoms with Crippen molar-refractivity contribution in [3.8, 4) is 5.00 Å². The van der Waals surface area contributed by atoms with Crippen LogP contribution in [0.25, 0.3) is 5.00 Å². The molecule has 2 aliphatic carbocycles. The van der Waals surface area contributed by atoms with Gasteiger partial charge in [0.25, 0.3) is 0 Å². The quantitative estimate of drug-likeness (QED) is 0.460. The molecule has 3 aliphatic rings. The Bertz CT molecular complexity index is 1090. The van der Waals surface area contributed by atoms with Gasteiger partial charge in [-0.3, -0.25) is 4.79 Å². The second-order valence-corrected chi connectivity index (χ2v) is 10.5. The molecule has 3 nitrogen and oxygen atoms in total. The average Bonchev–Trinajstić information content (AvgIpc) is 3.42. The highest BCUT2D eigenvalue weighted by atomic mass is 32.1. The van der Waals surface area contributed by atoms with Gasteiger partial charge in [-0.05, 0) is 61.8 Å². The molecular weight excluding hydrogens is 400 g/mol. The highest BCUT2D eigenvalue weighted by Gasteiger charge is 2.38. The van der Waals surface area contributed by atoms with E-state index in [0.717, 1.165) is 19.4 Å². The molecule has 1 saturated carbocycles. The Balaban J connectivity index is 1.52. The molecule has 4 heteroatoms. The van der Waals surface area contributed by atoms with E-state index >= 15 is 0 Å². The van der Waals surface area contributed by atoms with Crippen molar-refractivity contribution in [3.05, 3.63) is 75.9 Å². The fourth-order valence-electron chi connectivity index (χ4n) is 5.97. The number of carbonyl (C=O) groups excluding carboxylic acids is 1. The summed E-state index contributed by atoms with van der Waals surface area (Å²) in [6.45, 7) is 0.748. The molecule has 160 valence electrons. The zero-order valence-electron chi connectivity index (χ0n) is 18.1. The molecule has 0 radical (unpaired) electrons. The summed E-state index contributed by atoms with van der Waals surface area (Å²) in [7, 11) is 0. The van der Waals surface area contributed by atoms with Gasteiger partial charge in [0, 0.05) is 29.1 Å². The largest absolute Gasteiger partial charge is 0.325 e. The van der Waals surface area contributed by atoms with Crippen LogP contribution in [0.3, 0.4) is 0 Å². The summed E-state index contributed by atoms with van der Waals surface area (Å²) >= 11 is 1.97. The topological polar surface area (TPSA) is 25.2 Å². The van der Waals surface area contributed by atoms with Crippen molar-refractivity contribution in [1.29, 1.82) is 0 Å². The number of aryl methyl sites for hydroxylation is 1. The van der Waals surface area contributed by atoms with Crippen LogP contribution in [-0.2, 0) is 24.2 Å². The van der Waals surface area contributed by atoms with Gasteiger partial charge in [0.15, 0.2) is 0 Å². The van der Waals surface area contributed by atoms with Crippen molar-refractivity contribution < 1.29 is 4.79 Å². The van der Waals surface area contributed by atoms with E-state index < -0.39 is 0 Å². The van der Waals surface area contributed by atoms with Crippen LogP contribution in [0.4, 0.5) is 0 Å². The molecule has 2 aromatic heterocycles. The second-order valence-electron chi connectivity index (χ2n) is 9.41. The predicted octanol–water partition coefficient (Wildman–Crippen LogP) is 6.43. The Labute approximate surface area is 188 Å². The summed E-state index contributed by atoms with van der Waals surface area (Å²) in [6.07, 6.45) is 12.9. The van der Waals surface area contributed by atoms with Crippen LogP contribution in [0.5, 0.6) is 0 Å². The van der Waals surface area contributed by atoms with Gasteiger partial charge in [0.2, 0.25) is 5.91 Å². The highest BCUT2D eigenvalue weighted by Crippen LogP contribution is 2.44. The van der Waals surface area contributed by atoms with Gasteiger partial charge in [0.05, 0.1) is 11.7 Å². The number of nitrogens with zero attached hydrogens (tertiary/aromatic N) is 2. The van der Waals surface area contributed by atoms with Crippen molar-refractivity contribution in [2.24, 2.45) is 5.92 Å². The molecule has 1 atom stereocenters. The van der Waals surface area contributed by atoms with E-state index in [0.29, 0.717) is 5.91 Å². The summed E-state index contributed by atoms with van der Waals surface area (Å²) in [4.78, 5) is 17.8. The molecular formula is C27H30N2OS. The maximum absolute atomic E-state index is 14.0. The van der Waals surface area contributed by atoms with Crippen LogP contribution in [0, 0.1) is 5.92 Å². The van der Waals surface area contributed by atoms with Crippen LogP contribution in [0.2, 0.25) is 0 Å². The van der Waals surface area contributed by atoms with Crippen molar-refractivity contribution in [1.82, 2.24) is 9.47 Å². The SMILES string of the molecule is O=C(C1CCCCC1)N1Cc2c(sc3c2CCCC3)-n2cccc2[C@H]1c1ccccc1. The number of benzene rings is 1. The third kappa shape index (κ3) is 3.27. The zero-order chi connectivity index (χ0) is 20.8. The monoisotopic (exact) mass is 430 g/mol. The van der Waals surface area contributed by atoms with Crippen LogP contribution < -0.4 is 0 Å². The van der Waals surface area contributed by atoms with E-state index in [2.05, 4.69) is 58.1 Å². The Morgan fingerprint density at radius 1 is 0.871 bits per heavy atom. The van der Waals surface area contributed by atoms with E-state index in [1.165, 1.54) is 66.8 Å². The van der Waals surface area contributed by atoms with Gasteiger partial charge in [0.1, 0.15) is 5.00 Å². The molecule has 1 amide bonds. The van der Waals surface area contributed by atoms with Crippen LogP contribution in [-0.4, -0.2) is 15.4 Å². The molecule has 0 N–H and O–H groups in total. The molecule has 6 rings (SSSR count). The lowest BCUT2D eigenvalue weighted by Gasteiger charge is -2.35. The van der Waals surface area contributed by atoms with E-state index in [4.69, 9.17) is 0 Å². The van der Waals surface area contributed by atoms with Gasteiger partial charge in [-0.1, -0.05) is 49.6 Å². The molecule has 0 bridgehead atoms. The van der Waals surface area contributed by atoms with E-state index in [1.54, 1.807) is 10.4 Å². The van der Waals surface area contributed by atoms with Gasteiger partial charge in [-0.25, -0.2) is 0 Å². The number of amides is 1. The fraction of sp³-hybridized carbons (Fsp3) is 0.444. The molecule has 3 aromatic rings. The lowest BCUT2D eigenvalue weighted by atomic mass is 9.87. The number of thiophene rings is 1. The standard InChI is InChI=1S/C27H30N2OS/c30-26(20-12-5-2-6-13-20)29-18-22-21-14-7-8-16-24(21)31-27(22)28-17-9-15-23(28)25(29)19-10-3-1-4-11-19/h1,3-4,9-11,15,17,20,25H,2,5-8,12-14,16,18H2/t25-/m1/s1. The number of fused-ring (bicyclic) bond motifs is 5. The lowest BCUT2D eigenvalue weighted by molar-refractivity contribution is -0.139. The molecule has 31 heavy (non-hydrogen) atoms. The first-order valence-electron chi connectivity index (χ1n) is 12.0. The molecule has 1 fully saturated rings. The van der Waals surface area contributed by atoms with Gasteiger partial charge in [-0.15, -0.1) is 11.3 Å². The Kier molecular flexibility index (Phi) is 4.98. The maximum atomic E-state index is 14.0.